The standard InChI is InChI=1S/C20H15N3O/c1-13-9-10-18(16-7-4-12-22-19(13)16)23-20(24)15-5-2-8-17-14(15)6-3-11-21-17/h2-12H,1H3,(H,23,24). The van der Waals surface area contributed by atoms with Crippen LogP contribution in [-0.2, 0) is 0 Å². The molecule has 2 aromatic carbocycles. The van der Waals surface area contributed by atoms with Gasteiger partial charge in [0.2, 0.25) is 0 Å². The summed E-state index contributed by atoms with van der Waals surface area (Å²) in [6.07, 6.45) is 3.49. The SMILES string of the molecule is Cc1ccc(NC(=O)c2cccc3ncccc23)c2cccnc12. The topological polar surface area (TPSA) is 54.9 Å². The third-order valence-corrected chi connectivity index (χ3v) is 4.11. The molecule has 0 aliphatic rings. The third kappa shape index (κ3) is 2.38. The number of nitrogens with zero attached hydrogens (tertiary/aromatic N) is 2. The van der Waals surface area contributed by atoms with Crippen molar-refractivity contribution in [3.05, 3.63) is 78.1 Å². The highest BCUT2D eigenvalue weighted by Crippen LogP contribution is 2.26. The first-order valence-corrected chi connectivity index (χ1v) is 7.73. The summed E-state index contributed by atoms with van der Waals surface area (Å²) >= 11 is 0. The van der Waals surface area contributed by atoms with Gasteiger partial charge in [-0.3, -0.25) is 14.8 Å². The molecule has 4 aromatic rings. The number of carbonyl (C=O) groups is 1. The van der Waals surface area contributed by atoms with E-state index >= 15 is 0 Å². The molecule has 2 aromatic heterocycles. The summed E-state index contributed by atoms with van der Waals surface area (Å²) in [6, 6.07) is 17.0. The maximum Gasteiger partial charge on any atom is 0.256 e. The Balaban J connectivity index is 1.78. The molecular formula is C20H15N3O. The van der Waals surface area contributed by atoms with E-state index in [1.54, 1.807) is 12.4 Å². The Labute approximate surface area is 139 Å². The van der Waals surface area contributed by atoms with Gasteiger partial charge in [0, 0.05) is 28.7 Å². The number of pyridine rings is 2. The van der Waals surface area contributed by atoms with E-state index in [0.717, 1.165) is 33.1 Å². The summed E-state index contributed by atoms with van der Waals surface area (Å²) < 4.78 is 0. The smallest absolute Gasteiger partial charge is 0.256 e. The Morgan fingerprint density at radius 2 is 1.67 bits per heavy atom. The van der Waals surface area contributed by atoms with Gasteiger partial charge in [-0.25, -0.2) is 0 Å². The lowest BCUT2D eigenvalue weighted by molar-refractivity contribution is 0.102. The molecule has 1 amide bonds. The number of aryl methyl sites for hydroxylation is 1. The average Bonchev–Trinajstić information content (AvgIpc) is 2.64. The zero-order chi connectivity index (χ0) is 16.5. The summed E-state index contributed by atoms with van der Waals surface area (Å²) in [5.41, 5.74) is 4.15. The van der Waals surface area contributed by atoms with Crippen LogP contribution in [0.1, 0.15) is 15.9 Å². The van der Waals surface area contributed by atoms with Crippen LogP contribution in [0.4, 0.5) is 5.69 Å². The molecule has 0 saturated heterocycles. The number of hydrogen-bond donors (Lipinski definition) is 1. The van der Waals surface area contributed by atoms with Crippen LogP contribution in [0.3, 0.4) is 0 Å². The molecule has 0 fully saturated rings. The van der Waals surface area contributed by atoms with Gasteiger partial charge in [-0.2, -0.15) is 0 Å². The van der Waals surface area contributed by atoms with Gasteiger partial charge >= 0.3 is 0 Å². The van der Waals surface area contributed by atoms with E-state index in [9.17, 15) is 4.79 Å². The Kier molecular flexibility index (Phi) is 3.43. The van der Waals surface area contributed by atoms with Crippen molar-refractivity contribution >= 4 is 33.4 Å². The highest BCUT2D eigenvalue weighted by molar-refractivity contribution is 6.14. The first-order chi connectivity index (χ1) is 11.7. The Hall–Kier alpha value is -3.27. The first-order valence-electron chi connectivity index (χ1n) is 7.73. The number of benzene rings is 2. The Bertz CT molecular complexity index is 1070. The van der Waals surface area contributed by atoms with Gasteiger partial charge in [0.15, 0.2) is 0 Å². The van der Waals surface area contributed by atoms with Gasteiger partial charge < -0.3 is 5.32 Å². The fourth-order valence-corrected chi connectivity index (χ4v) is 2.91. The van der Waals surface area contributed by atoms with Crippen LogP contribution in [0.5, 0.6) is 0 Å². The second-order valence-electron chi connectivity index (χ2n) is 5.66. The molecule has 2 heterocycles. The summed E-state index contributed by atoms with van der Waals surface area (Å²) in [5, 5.41) is 4.79. The van der Waals surface area contributed by atoms with Gasteiger partial charge in [0.1, 0.15) is 0 Å². The highest BCUT2D eigenvalue weighted by Gasteiger charge is 2.12. The van der Waals surface area contributed by atoms with E-state index in [1.807, 2.05) is 61.5 Å². The predicted octanol–water partition coefficient (Wildman–Crippen LogP) is 4.34. The molecule has 0 bridgehead atoms. The maximum absolute atomic E-state index is 12.8. The van der Waals surface area contributed by atoms with Crippen molar-refractivity contribution in [2.75, 3.05) is 5.32 Å². The Morgan fingerprint density at radius 1 is 0.875 bits per heavy atom. The second-order valence-corrected chi connectivity index (χ2v) is 5.66. The van der Waals surface area contributed by atoms with Gasteiger partial charge in [-0.05, 0) is 48.9 Å². The molecule has 4 rings (SSSR count). The summed E-state index contributed by atoms with van der Waals surface area (Å²) in [5.74, 6) is -0.150. The molecule has 0 spiro atoms. The van der Waals surface area contributed by atoms with Crippen molar-refractivity contribution in [1.29, 1.82) is 0 Å². The highest BCUT2D eigenvalue weighted by atomic mass is 16.1. The molecule has 4 nitrogen and oxygen atoms in total. The van der Waals surface area contributed by atoms with Crippen LogP contribution in [0.15, 0.2) is 67.0 Å². The fraction of sp³-hybridized carbons (Fsp3) is 0.0500. The average molecular weight is 313 g/mol. The van der Waals surface area contributed by atoms with E-state index in [4.69, 9.17) is 0 Å². The minimum Gasteiger partial charge on any atom is -0.321 e. The third-order valence-electron chi connectivity index (χ3n) is 4.11. The summed E-state index contributed by atoms with van der Waals surface area (Å²) in [7, 11) is 0. The zero-order valence-electron chi connectivity index (χ0n) is 13.2. The van der Waals surface area contributed by atoms with E-state index in [1.165, 1.54) is 0 Å². The number of fused-ring (bicyclic) bond motifs is 2. The molecule has 0 aliphatic heterocycles. The van der Waals surface area contributed by atoms with Crippen LogP contribution < -0.4 is 5.32 Å². The van der Waals surface area contributed by atoms with Crippen LogP contribution in [-0.4, -0.2) is 15.9 Å². The number of hydrogen-bond acceptors (Lipinski definition) is 3. The predicted molar refractivity (Wildman–Crippen MR) is 96.2 cm³/mol. The van der Waals surface area contributed by atoms with Gasteiger partial charge in [-0.15, -0.1) is 0 Å². The quantitative estimate of drug-likeness (QED) is 0.599. The lowest BCUT2D eigenvalue weighted by Gasteiger charge is -2.11. The van der Waals surface area contributed by atoms with E-state index in [2.05, 4.69) is 15.3 Å². The molecule has 0 atom stereocenters. The van der Waals surface area contributed by atoms with Crippen molar-refractivity contribution in [3.63, 3.8) is 0 Å². The lowest BCUT2D eigenvalue weighted by Crippen LogP contribution is -2.13. The number of amides is 1. The number of rotatable bonds is 2. The second kappa shape index (κ2) is 5.74. The molecule has 4 heteroatoms. The molecule has 116 valence electrons. The van der Waals surface area contributed by atoms with Crippen molar-refractivity contribution in [2.45, 2.75) is 6.92 Å². The molecule has 0 unspecified atom stereocenters. The summed E-state index contributed by atoms with van der Waals surface area (Å²) in [6.45, 7) is 2.01. The lowest BCUT2D eigenvalue weighted by atomic mass is 10.1. The number of carbonyl (C=O) groups excluding carboxylic acids is 1. The monoisotopic (exact) mass is 313 g/mol. The van der Waals surface area contributed by atoms with Gasteiger partial charge in [0.25, 0.3) is 5.91 Å². The van der Waals surface area contributed by atoms with Crippen molar-refractivity contribution in [2.24, 2.45) is 0 Å². The van der Waals surface area contributed by atoms with E-state index in [-0.39, 0.29) is 5.91 Å². The van der Waals surface area contributed by atoms with E-state index in [0.29, 0.717) is 5.56 Å². The van der Waals surface area contributed by atoms with Crippen molar-refractivity contribution < 1.29 is 4.79 Å². The molecule has 1 N–H and O–H groups in total. The van der Waals surface area contributed by atoms with Crippen LogP contribution >= 0.6 is 0 Å². The molecule has 0 saturated carbocycles. The summed E-state index contributed by atoms with van der Waals surface area (Å²) in [4.78, 5) is 21.5. The van der Waals surface area contributed by atoms with Crippen molar-refractivity contribution in [3.8, 4) is 0 Å². The van der Waals surface area contributed by atoms with Crippen molar-refractivity contribution in [1.82, 2.24) is 9.97 Å². The minimum absolute atomic E-state index is 0.150. The number of aromatic nitrogens is 2. The van der Waals surface area contributed by atoms with Crippen LogP contribution in [0.2, 0.25) is 0 Å². The van der Waals surface area contributed by atoms with Crippen LogP contribution in [0, 0.1) is 6.92 Å². The fourth-order valence-electron chi connectivity index (χ4n) is 2.91. The molecule has 0 aliphatic carbocycles. The largest absolute Gasteiger partial charge is 0.321 e. The number of anilines is 1. The van der Waals surface area contributed by atoms with Gasteiger partial charge in [0.05, 0.1) is 16.7 Å². The Morgan fingerprint density at radius 3 is 2.54 bits per heavy atom. The maximum atomic E-state index is 12.8. The minimum atomic E-state index is -0.150. The molecule has 24 heavy (non-hydrogen) atoms. The molecule has 0 radical (unpaired) electrons. The molecular weight excluding hydrogens is 298 g/mol. The zero-order valence-corrected chi connectivity index (χ0v) is 13.2. The normalized spacial score (nSPS) is 10.9. The number of nitrogens with one attached hydrogen (secondary N) is 1. The van der Waals surface area contributed by atoms with Crippen LogP contribution in [0.25, 0.3) is 21.8 Å². The first kappa shape index (κ1) is 14.3. The van der Waals surface area contributed by atoms with E-state index < -0.39 is 0 Å². The van der Waals surface area contributed by atoms with Gasteiger partial charge in [-0.1, -0.05) is 18.2 Å².